The number of rotatable bonds is 5. The van der Waals surface area contributed by atoms with Gasteiger partial charge in [-0.3, -0.25) is 9.59 Å². The molecule has 0 saturated carbocycles. The van der Waals surface area contributed by atoms with Crippen LogP contribution in [0.15, 0.2) is 34.2 Å². The number of hydrogen-bond donors (Lipinski definition) is 1. The van der Waals surface area contributed by atoms with E-state index in [1.54, 1.807) is 18.5 Å². The van der Waals surface area contributed by atoms with E-state index in [2.05, 4.69) is 27.9 Å². The molecule has 0 radical (unpaired) electrons. The minimum absolute atomic E-state index is 0.00263. The third kappa shape index (κ3) is 3.61. The molecule has 3 aromatic rings. The van der Waals surface area contributed by atoms with Crippen LogP contribution in [0.5, 0.6) is 0 Å². The van der Waals surface area contributed by atoms with Gasteiger partial charge >= 0.3 is 0 Å². The molecule has 1 aliphatic heterocycles. The molecular formula is C20H23N5O2S. The molecule has 7 nitrogen and oxygen atoms in total. The normalized spacial score (nSPS) is 16.5. The van der Waals surface area contributed by atoms with E-state index in [4.69, 9.17) is 0 Å². The van der Waals surface area contributed by atoms with Gasteiger partial charge < -0.3 is 4.57 Å². The van der Waals surface area contributed by atoms with E-state index < -0.39 is 0 Å². The lowest BCUT2D eigenvalue weighted by Gasteiger charge is -2.22. The zero-order valence-electron chi connectivity index (χ0n) is 16.0. The number of fused-ring (bicyclic) bond motifs is 2. The van der Waals surface area contributed by atoms with Gasteiger partial charge in [0.25, 0.3) is 5.56 Å². The third-order valence-electron chi connectivity index (χ3n) is 5.29. The van der Waals surface area contributed by atoms with E-state index in [1.807, 2.05) is 24.5 Å². The molecule has 0 aliphatic carbocycles. The zero-order chi connectivity index (χ0) is 19.8. The van der Waals surface area contributed by atoms with Crippen molar-refractivity contribution < 1.29 is 4.79 Å². The molecule has 28 heavy (non-hydrogen) atoms. The Hall–Kier alpha value is -2.48. The molecule has 0 saturated heterocycles. The van der Waals surface area contributed by atoms with Crippen LogP contribution in [0.2, 0.25) is 0 Å². The molecule has 2 aromatic heterocycles. The molecule has 3 heterocycles. The summed E-state index contributed by atoms with van der Waals surface area (Å²) in [5.74, 6) is 1.37. The van der Waals surface area contributed by atoms with E-state index in [0.29, 0.717) is 11.8 Å². The number of hydrogen-bond acceptors (Lipinski definition) is 6. The van der Waals surface area contributed by atoms with Gasteiger partial charge in [-0.1, -0.05) is 13.8 Å². The van der Waals surface area contributed by atoms with Gasteiger partial charge in [-0.25, -0.2) is 4.68 Å². The second-order valence-electron chi connectivity index (χ2n) is 7.78. The lowest BCUT2D eigenvalue weighted by atomic mass is 9.94. The highest BCUT2D eigenvalue weighted by atomic mass is 32.1. The van der Waals surface area contributed by atoms with Gasteiger partial charge in [0, 0.05) is 29.7 Å². The molecule has 0 fully saturated rings. The standard InChI is InChI=1S/C20H23N5O2S/c1-12(2)19-17-8-15(28)4-5-16(17)20(27)25(23-19)10-14(26)7-13-3-6-18-22-21-11-24(18)9-13/h4-5,8,11-13,28H,3,6-7,9-10H2,1-2H3. The lowest BCUT2D eigenvalue weighted by molar-refractivity contribution is -0.121. The van der Waals surface area contributed by atoms with Crippen molar-refractivity contribution in [1.82, 2.24) is 24.5 Å². The number of carbonyl (C=O) groups is 1. The summed E-state index contributed by atoms with van der Waals surface area (Å²) in [5.41, 5.74) is 0.580. The summed E-state index contributed by atoms with van der Waals surface area (Å²) in [7, 11) is 0. The number of aromatic nitrogens is 5. The van der Waals surface area contributed by atoms with Crippen LogP contribution in [0.4, 0.5) is 0 Å². The molecule has 1 aliphatic rings. The molecule has 1 atom stereocenters. The summed E-state index contributed by atoms with van der Waals surface area (Å²) in [5, 5.41) is 13.9. The van der Waals surface area contributed by atoms with Crippen molar-refractivity contribution in [3.8, 4) is 0 Å². The zero-order valence-corrected chi connectivity index (χ0v) is 16.9. The predicted molar refractivity (Wildman–Crippen MR) is 109 cm³/mol. The maximum Gasteiger partial charge on any atom is 0.275 e. The Kier molecular flexibility index (Phi) is 5.05. The van der Waals surface area contributed by atoms with E-state index in [-0.39, 0.29) is 29.7 Å². The molecule has 146 valence electrons. The molecule has 0 N–H and O–H groups in total. The van der Waals surface area contributed by atoms with Crippen molar-refractivity contribution in [3.63, 3.8) is 0 Å². The Morgan fingerprint density at radius 1 is 1.32 bits per heavy atom. The largest absolute Gasteiger partial charge is 0.317 e. The Labute approximate surface area is 168 Å². The van der Waals surface area contributed by atoms with Crippen LogP contribution >= 0.6 is 12.6 Å². The molecule has 0 amide bonds. The van der Waals surface area contributed by atoms with E-state index in [1.165, 1.54) is 4.68 Å². The molecule has 0 spiro atoms. The van der Waals surface area contributed by atoms with E-state index >= 15 is 0 Å². The van der Waals surface area contributed by atoms with E-state index in [0.717, 1.165) is 41.2 Å². The second-order valence-corrected chi connectivity index (χ2v) is 8.30. The number of ketones is 1. The van der Waals surface area contributed by atoms with Gasteiger partial charge in [0.1, 0.15) is 18.7 Å². The van der Waals surface area contributed by atoms with Gasteiger partial charge in [-0.2, -0.15) is 5.10 Å². The average molecular weight is 398 g/mol. The number of carbonyl (C=O) groups excluding carboxylic acids is 1. The summed E-state index contributed by atoms with van der Waals surface area (Å²) >= 11 is 4.38. The highest BCUT2D eigenvalue weighted by Crippen LogP contribution is 2.24. The molecule has 0 bridgehead atoms. The average Bonchev–Trinajstić information content (AvgIpc) is 3.11. The summed E-state index contributed by atoms with van der Waals surface area (Å²) in [4.78, 5) is 26.4. The van der Waals surface area contributed by atoms with Crippen molar-refractivity contribution >= 4 is 29.2 Å². The van der Waals surface area contributed by atoms with Gasteiger partial charge in [0.15, 0.2) is 5.78 Å². The Morgan fingerprint density at radius 2 is 2.14 bits per heavy atom. The van der Waals surface area contributed by atoms with Crippen LogP contribution in [0.3, 0.4) is 0 Å². The van der Waals surface area contributed by atoms with Crippen molar-refractivity contribution in [2.75, 3.05) is 0 Å². The summed E-state index contributed by atoms with van der Waals surface area (Å²) < 4.78 is 3.33. The number of Topliss-reactive ketones (excluding diaryl/α,β-unsaturated/α-hetero) is 1. The Bertz CT molecular complexity index is 1100. The number of thiol groups is 1. The summed E-state index contributed by atoms with van der Waals surface area (Å²) in [6.07, 6.45) is 3.88. The fourth-order valence-electron chi connectivity index (χ4n) is 3.88. The van der Waals surface area contributed by atoms with Crippen molar-refractivity contribution in [2.24, 2.45) is 5.92 Å². The Balaban J connectivity index is 1.57. The first-order chi connectivity index (χ1) is 13.4. The first kappa shape index (κ1) is 18.9. The summed E-state index contributed by atoms with van der Waals surface area (Å²) in [6, 6.07) is 5.43. The van der Waals surface area contributed by atoms with Crippen molar-refractivity contribution in [1.29, 1.82) is 0 Å². The van der Waals surface area contributed by atoms with Crippen LogP contribution < -0.4 is 5.56 Å². The predicted octanol–water partition coefficient (Wildman–Crippen LogP) is 2.62. The summed E-state index contributed by atoms with van der Waals surface area (Å²) in [6.45, 7) is 4.81. The van der Waals surface area contributed by atoms with Crippen molar-refractivity contribution in [3.05, 3.63) is 46.4 Å². The van der Waals surface area contributed by atoms with Crippen LogP contribution in [0.1, 0.15) is 44.1 Å². The van der Waals surface area contributed by atoms with Gasteiger partial charge in [0.05, 0.1) is 11.1 Å². The minimum Gasteiger partial charge on any atom is -0.317 e. The number of nitrogens with zero attached hydrogens (tertiary/aromatic N) is 5. The Morgan fingerprint density at radius 3 is 2.93 bits per heavy atom. The highest BCUT2D eigenvalue weighted by molar-refractivity contribution is 7.80. The molecule has 1 unspecified atom stereocenters. The molecule has 1 aromatic carbocycles. The topological polar surface area (TPSA) is 82.7 Å². The molecule has 8 heteroatoms. The maximum absolute atomic E-state index is 12.9. The van der Waals surface area contributed by atoms with Crippen LogP contribution in [-0.4, -0.2) is 30.3 Å². The van der Waals surface area contributed by atoms with Crippen LogP contribution in [0.25, 0.3) is 10.8 Å². The lowest BCUT2D eigenvalue weighted by Crippen LogP contribution is -2.30. The fourth-order valence-corrected chi connectivity index (χ4v) is 4.08. The van der Waals surface area contributed by atoms with E-state index in [9.17, 15) is 9.59 Å². The third-order valence-corrected chi connectivity index (χ3v) is 5.57. The SMILES string of the molecule is CC(C)c1nn(CC(=O)CC2CCc3nncn3C2)c(=O)c2ccc(S)cc12. The molecular weight excluding hydrogens is 374 g/mol. The quantitative estimate of drug-likeness (QED) is 0.669. The van der Waals surface area contributed by atoms with Gasteiger partial charge in [-0.05, 0) is 36.5 Å². The maximum atomic E-state index is 12.9. The van der Waals surface area contributed by atoms with Gasteiger partial charge in [-0.15, -0.1) is 22.8 Å². The number of benzene rings is 1. The number of aryl methyl sites for hydroxylation is 1. The minimum atomic E-state index is -0.231. The fraction of sp³-hybridized carbons (Fsp3) is 0.450. The molecule has 4 rings (SSSR count). The van der Waals surface area contributed by atoms with Crippen molar-refractivity contribution in [2.45, 2.75) is 57.0 Å². The van der Waals surface area contributed by atoms with Crippen LogP contribution in [0, 0.1) is 5.92 Å². The first-order valence-corrected chi connectivity index (χ1v) is 9.99. The smallest absolute Gasteiger partial charge is 0.275 e. The first-order valence-electron chi connectivity index (χ1n) is 9.54. The van der Waals surface area contributed by atoms with Gasteiger partial charge in [0.2, 0.25) is 0 Å². The highest BCUT2D eigenvalue weighted by Gasteiger charge is 2.23. The monoisotopic (exact) mass is 397 g/mol. The van der Waals surface area contributed by atoms with Crippen LogP contribution in [-0.2, 0) is 24.3 Å². The second kappa shape index (κ2) is 7.50.